The maximum atomic E-state index is 12.4. The molecular formula is C19H14N2O2. The highest BCUT2D eigenvalue weighted by Crippen LogP contribution is 2.23. The molecular weight excluding hydrogens is 288 g/mol. The Labute approximate surface area is 133 Å². The van der Waals surface area contributed by atoms with E-state index in [9.17, 15) is 10.1 Å². The number of nitrogens with zero attached hydrogens (tertiary/aromatic N) is 1. The summed E-state index contributed by atoms with van der Waals surface area (Å²) in [5.74, 6) is 0.744. The monoisotopic (exact) mass is 302 g/mol. The Hall–Kier alpha value is -3.32. The second-order valence-corrected chi connectivity index (χ2v) is 5.10. The minimum atomic E-state index is -0.460. The van der Waals surface area contributed by atoms with Gasteiger partial charge in [0.05, 0.1) is 0 Å². The van der Waals surface area contributed by atoms with Crippen LogP contribution in [0.15, 0.2) is 64.6 Å². The molecule has 0 saturated heterocycles. The number of fused-ring (bicyclic) bond motifs is 1. The van der Waals surface area contributed by atoms with Gasteiger partial charge in [-0.1, -0.05) is 36.4 Å². The fourth-order valence-electron chi connectivity index (χ4n) is 2.35. The van der Waals surface area contributed by atoms with Gasteiger partial charge >= 0.3 is 0 Å². The second-order valence-electron chi connectivity index (χ2n) is 5.10. The van der Waals surface area contributed by atoms with Crippen molar-refractivity contribution >= 4 is 28.4 Å². The molecule has 1 heterocycles. The number of aryl methyl sites for hydroxylation is 1. The van der Waals surface area contributed by atoms with Crippen molar-refractivity contribution in [3.8, 4) is 6.07 Å². The van der Waals surface area contributed by atoms with Gasteiger partial charge in [0.2, 0.25) is 0 Å². The molecule has 23 heavy (non-hydrogen) atoms. The standard InChI is InChI=1S/C19H14N2O2/c1-13-9-10-16(23-13)11-15(12-20)19(22)21-18-8-4-6-14-5-2-3-7-17(14)18/h2-11H,1H3,(H,21,22). The van der Waals surface area contributed by atoms with Crippen LogP contribution >= 0.6 is 0 Å². The van der Waals surface area contributed by atoms with Crippen molar-refractivity contribution in [2.24, 2.45) is 0 Å². The number of rotatable bonds is 3. The summed E-state index contributed by atoms with van der Waals surface area (Å²) >= 11 is 0. The maximum Gasteiger partial charge on any atom is 0.266 e. The predicted octanol–water partition coefficient (Wildman–Crippen LogP) is 4.29. The van der Waals surface area contributed by atoms with E-state index in [1.165, 1.54) is 6.08 Å². The number of carbonyl (C=O) groups is 1. The van der Waals surface area contributed by atoms with Crippen molar-refractivity contribution in [2.75, 3.05) is 5.32 Å². The number of benzene rings is 2. The number of hydrogen-bond donors (Lipinski definition) is 1. The summed E-state index contributed by atoms with van der Waals surface area (Å²) in [6.07, 6.45) is 1.44. The molecule has 1 aromatic heterocycles. The zero-order valence-corrected chi connectivity index (χ0v) is 12.5. The smallest absolute Gasteiger partial charge is 0.266 e. The Morgan fingerprint density at radius 3 is 2.65 bits per heavy atom. The fourth-order valence-corrected chi connectivity index (χ4v) is 2.35. The van der Waals surface area contributed by atoms with Gasteiger partial charge in [0.15, 0.2) is 0 Å². The van der Waals surface area contributed by atoms with Crippen LogP contribution in [0.1, 0.15) is 11.5 Å². The van der Waals surface area contributed by atoms with E-state index in [1.54, 1.807) is 19.1 Å². The van der Waals surface area contributed by atoms with Crippen molar-refractivity contribution in [1.82, 2.24) is 0 Å². The predicted molar refractivity (Wildman–Crippen MR) is 89.6 cm³/mol. The van der Waals surface area contributed by atoms with Gasteiger partial charge in [0, 0.05) is 17.1 Å². The molecule has 0 bridgehead atoms. The van der Waals surface area contributed by atoms with Crippen LogP contribution in [0.5, 0.6) is 0 Å². The Morgan fingerprint density at radius 1 is 1.13 bits per heavy atom. The first kappa shape index (κ1) is 14.6. The van der Waals surface area contributed by atoms with Crippen LogP contribution in [0.3, 0.4) is 0 Å². The highest BCUT2D eigenvalue weighted by atomic mass is 16.3. The average molecular weight is 302 g/mol. The van der Waals surface area contributed by atoms with E-state index < -0.39 is 5.91 Å². The van der Waals surface area contributed by atoms with Crippen LogP contribution in [0.25, 0.3) is 16.8 Å². The first-order valence-corrected chi connectivity index (χ1v) is 7.15. The molecule has 0 saturated carbocycles. The lowest BCUT2D eigenvalue weighted by Gasteiger charge is -2.08. The Morgan fingerprint density at radius 2 is 1.91 bits per heavy atom. The largest absolute Gasteiger partial charge is 0.462 e. The first-order chi connectivity index (χ1) is 11.2. The van der Waals surface area contributed by atoms with Crippen molar-refractivity contribution in [1.29, 1.82) is 5.26 Å². The van der Waals surface area contributed by atoms with Gasteiger partial charge in [-0.3, -0.25) is 4.79 Å². The summed E-state index contributed by atoms with van der Waals surface area (Å²) in [6, 6.07) is 18.8. The SMILES string of the molecule is Cc1ccc(C=C(C#N)C(=O)Nc2cccc3ccccc23)o1. The molecule has 0 spiro atoms. The zero-order valence-electron chi connectivity index (χ0n) is 12.5. The molecule has 0 radical (unpaired) electrons. The summed E-state index contributed by atoms with van der Waals surface area (Å²) in [5.41, 5.74) is 0.664. The quantitative estimate of drug-likeness (QED) is 0.580. The number of nitriles is 1. The summed E-state index contributed by atoms with van der Waals surface area (Å²) < 4.78 is 5.38. The minimum absolute atomic E-state index is 0.00714. The van der Waals surface area contributed by atoms with Crippen LogP contribution in [0.4, 0.5) is 5.69 Å². The van der Waals surface area contributed by atoms with Gasteiger partial charge in [0.25, 0.3) is 5.91 Å². The Balaban J connectivity index is 1.90. The fraction of sp³-hybridized carbons (Fsp3) is 0.0526. The lowest BCUT2D eigenvalue weighted by molar-refractivity contribution is -0.112. The van der Waals surface area contributed by atoms with Crippen LogP contribution in [-0.2, 0) is 4.79 Å². The summed E-state index contributed by atoms with van der Waals surface area (Å²) in [5, 5.41) is 14.0. The van der Waals surface area contributed by atoms with E-state index >= 15 is 0 Å². The number of carbonyl (C=O) groups excluding carboxylic acids is 1. The molecule has 0 aliphatic rings. The Kier molecular flexibility index (Phi) is 3.94. The molecule has 0 fully saturated rings. The van der Waals surface area contributed by atoms with Crippen molar-refractivity contribution < 1.29 is 9.21 Å². The topological polar surface area (TPSA) is 66.0 Å². The third-order valence-electron chi connectivity index (χ3n) is 3.45. The molecule has 1 N–H and O–H groups in total. The molecule has 4 nitrogen and oxygen atoms in total. The van der Waals surface area contributed by atoms with Gasteiger partial charge in [-0.2, -0.15) is 5.26 Å². The van der Waals surface area contributed by atoms with E-state index in [1.807, 2.05) is 48.5 Å². The van der Waals surface area contributed by atoms with Crippen LogP contribution in [0, 0.1) is 18.3 Å². The molecule has 1 amide bonds. The minimum Gasteiger partial charge on any atom is -0.462 e. The number of nitrogens with one attached hydrogen (secondary N) is 1. The average Bonchev–Trinajstić information content (AvgIpc) is 2.98. The van der Waals surface area contributed by atoms with E-state index in [0.29, 0.717) is 11.4 Å². The third-order valence-corrected chi connectivity index (χ3v) is 3.45. The number of furan rings is 1. The number of amides is 1. The molecule has 4 heteroatoms. The molecule has 3 rings (SSSR count). The first-order valence-electron chi connectivity index (χ1n) is 7.15. The summed E-state index contributed by atoms with van der Waals surface area (Å²) in [4.78, 5) is 12.4. The highest BCUT2D eigenvalue weighted by Gasteiger charge is 2.12. The number of anilines is 1. The molecule has 2 aromatic carbocycles. The van der Waals surface area contributed by atoms with E-state index in [4.69, 9.17) is 4.42 Å². The van der Waals surface area contributed by atoms with Gasteiger partial charge in [0.1, 0.15) is 23.2 Å². The zero-order chi connectivity index (χ0) is 16.2. The van der Waals surface area contributed by atoms with E-state index in [-0.39, 0.29) is 5.57 Å². The van der Waals surface area contributed by atoms with Gasteiger partial charge < -0.3 is 9.73 Å². The summed E-state index contributed by atoms with van der Waals surface area (Å²) in [7, 11) is 0. The molecule has 0 unspecified atom stereocenters. The maximum absolute atomic E-state index is 12.4. The normalized spacial score (nSPS) is 11.2. The molecule has 0 atom stereocenters. The lowest BCUT2D eigenvalue weighted by Crippen LogP contribution is -2.13. The van der Waals surface area contributed by atoms with Crippen LogP contribution < -0.4 is 5.32 Å². The van der Waals surface area contributed by atoms with Gasteiger partial charge in [-0.15, -0.1) is 0 Å². The number of hydrogen-bond acceptors (Lipinski definition) is 3. The molecule has 0 aliphatic carbocycles. The van der Waals surface area contributed by atoms with Crippen molar-refractivity contribution in [2.45, 2.75) is 6.92 Å². The van der Waals surface area contributed by atoms with Crippen LogP contribution in [0.2, 0.25) is 0 Å². The highest BCUT2D eigenvalue weighted by molar-refractivity contribution is 6.12. The van der Waals surface area contributed by atoms with E-state index in [2.05, 4.69) is 5.32 Å². The van der Waals surface area contributed by atoms with Crippen molar-refractivity contribution in [3.63, 3.8) is 0 Å². The second kappa shape index (κ2) is 6.20. The summed E-state index contributed by atoms with van der Waals surface area (Å²) in [6.45, 7) is 1.81. The molecule has 0 aliphatic heterocycles. The molecule has 112 valence electrons. The lowest BCUT2D eigenvalue weighted by atomic mass is 10.1. The third kappa shape index (κ3) is 3.14. The Bertz CT molecular complexity index is 940. The molecule has 3 aromatic rings. The van der Waals surface area contributed by atoms with Gasteiger partial charge in [-0.25, -0.2) is 0 Å². The van der Waals surface area contributed by atoms with Gasteiger partial charge in [-0.05, 0) is 30.5 Å². The van der Waals surface area contributed by atoms with Crippen LogP contribution in [-0.4, -0.2) is 5.91 Å². The van der Waals surface area contributed by atoms with Crippen molar-refractivity contribution in [3.05, 3.63) is 71.7 Å². The van der Waals surface area contributed by atoms with E-state index in [0.717, 1.165) is 16.5 Å².